The maximum absolute atomic E-state index is 13.0. The standard InChI is InChI=1S/C9H9BrClFO/c1-5(2)13-9-4-8(12)6(10)3-7(9)11/h3-5H,1-2H3. The Hall–Kier alpha value is -0.280. The van der Waals surface area contributed by atoms with Crippen LogP contribution < -0.4 is 4.74 Å². The highest BCUT2D eigenvalue weighted by molar-refractivity contribution is 9.10. The molecule has 13 heavy (non-hydrogen) atoms. The van der Waals surface area contributed by atoms with Gasteiger partial charge in [-0.05, 0) is 35.8 Å². The summed E-state index contributed by atoms with van der Waals surface area (Å²) in [6.45, 7) is 3.71. The molecule has 0 aliphatic carbocycles. The van der Waals surface area contributed by atoms with Gasteiger partial charge in [0.2, 0.25) is 0 Å². The molecule has 0 spiro atoms. The first kappa shape index (κ1) is 10.8. The molecule has 0 N–H and O–H groups in total. The molecule has 0 aliphatic rings. The van der Waals surface area contributed by atoms with Gasteiger partial charge >= 0.3 is 0 Å². The second-order valence-electron chi connectivity index (χ2n) is 2.86. The van der Waals surface area contributed by atoms with Crippen molar-refractivity contribution in [3.05, 3.63) is 27.4 Å². The van der Waals surface area contributed by atoms with Gasteiger partial charge in [0.1, 0.15) is 11.6 Å². The van der Waals surface area contributed by atoms with Gasteiger partial charge in [-0.1, -0.05) is 11.6 Å². The van der Waals surface area contributed by atoms with Crippen LogP contribution in [0.25, 0.3) is 0 Å². The third kappa shape index (κ3) is 2.85. The zero-order valence-electron chi connectivity index (χ0n) is 7.27. The zero-order valence-corrected chi connectivity index (χ0v) is 9.62. The Morgan fingerprint density at radius 3 is 2.62 bits per heavy atom. The topological polar surface area (TPSA) is 9.23 Å². The van der Waals surface area contributed by atoms with Crippen molar-refractivity contribution in [3.63, 3.8) is 0 Å². The van der Waals surface area contributed by atoms with E-state index in [1.165, 1.54) is 12.1 Å². The van der Waals surface area contributed by atoms with Crippen molar-refractivity contribution in [3.8, 4) is 5.75 Å². The van der Waals surface area contributed by atoms with Crippen LogP contribution in [0.15, 0.2) is 16.6 Å². The molecule has 0 fully saturated rings. The molecule has 0 unspecified atom stereocenters. The van der Waals surface area contributed by atoms with Gasteiger partial charge < -0.3 is 4.74 Å². The van der Waals surface area contributed by atoms with Crippen molar-refractivity contribution in [2.45, 2.75) is 20.0 Å². The van der Waals surface area contributed by atoms with E-state index in [0.717, 1.165) is 0 Å². The van der Waals surface area contributed by atoms with E-state index in [-0.39, 0.29) is 11.9 Å². The van der Waals surface area contributed by atoms with Gasteiger partial charge in [0.15, 0.2) is 0 Å². The Morgan fingerprint density at radius 2 is 2.08 bits per heavy atom. The molecule has 0 aromatic heterocycles. The summed E-state index contributed by atoms with van der Waals surface area (Å²) < 4.78 is 18.7. The van der Waals surface area contributed by atoms with E-state index >= 15 is 0 Å². The zero-order chi connectivity index (χ0) is 10.0. The van der Waals surface area contributed by atoms with Crippen molar-refractivity contribution in [2.75, 3.05) is 0 Å². The fraction of sp³-hybridized carbons (Fsp3) is 0.333. The highest BCUT2D eigenvalue weighted by atomic mass is 79.9. The van der Waals surface area contributed by atoms with E-state index in [1.54, 1.807) is 0 Å². The third-order valence-electron chi connectivity index (χ3n) is 1.34. The Balaban J connectivity index is 3.01. The van der Waals surface area contributed by atoms with Crippen molar-refractivity contribution in [1.82, 2.24) is 0 Å². The number of benzene rings is 1. The van der Waals surface area contributed by atoms with Crippen LogP contribution in [0.4, 0.5) is 4.39 Å². The molecule has 1 rings (SSSR count). The van der Waals surface area contributed by atoms with Gasteiger partial charge in [-0.15, -0.1) is 0 Å². The fourth-order valence-corrected chi connectivity index (χ4v) is 1.53. The summed E-state index contributed by atoms with van der Waals surface area (Å²) in [6, 6.07) is 2.75. The predicted molar refractivity (Wildman–Crippen MR) is 54.9 cm³/mol. The van der Waals surface area contributed by atoms with Crippen LogP contribution in [0.3, 0.4) is 0 Å². The van der Waals surface area contributed by atoms with Gasteiger partial charge in [-0.3, -0.25) is 0 Å². The molecule has 0 saturated carbocycles. The number of hydrogen-bond donors (Lipinski definition) is 0. The third-order valence-corrected chi connectivity index (χ3v) is 2.24. The smallest absolute Gasteiger partial charge is 0.141 e. The molecule has 4 heteroatoms. The minimum absolute atomic E-state index is 0.0157. The number of hydrogen-bond acceptors (Lipinski definition) is 1. The molecule has 0 atom stereocenters. The SMILES string of the molecule is CC(C)Oc1cc(F)c(Br)cc1Cl. The quantitative estimate of drug-likeness (QED) is 0.735. The van der Waals surface area contributed by atoms with Gasteiger partial charge in [-0.2, -0.15) is 0 Å². The van der Waals surface area contributed by atoms with Gasteiger partial charge in [0.05, 0.1) is 15.6 Å². The summed E-state index contributed by atoms with van der Waals surface area (Å²) in [5, 5.41) is 0.405. The van der Waals surface area contributed by atoms with Crippen LogP contribution >= 0.6 is 27.5 Å². The molecule has 1 aromatic rings. The monoisotopic (exact) mass is 266 g/mol. The Morgan fingerprint density at radius 1 is 1.46 bits per heavy atom. The Labute approximate surface area is 90.0 Å². The number of ether oxygens (including phenoxy) is 1. The normalized spacial score (nSPS) is 10.6. The molecule has 0 aliphatic heterocycles. The summed E-state index contributed by atoms with van der Waals surface area (Å²) in [6.07, 6.45) is -0.0157. The maximum Gasteiger partial charge on any atom is 0.141 e. The Bertz CT molecular complexity index is 315. The van der Waals surface area contributed by atoms with Crippen molar-refractivity contribution in [2.24, 2.45) is 0 Å². The van der Waals surface area contributed by atoms with E-state index in [0.29, 0.717) is 15.2 Å². The molecule has 0 saturated heterocycles. The van der Waals surface area contributed by atoms with Crippen LogP contribution in [-0.4, -0.2) is 6.10 Å². The second-order valence-corrected chi connectivity index (χ2v) is 4.12. The minimum atomic E-state index is -0.375. The predicted octanol–water partition coefficient (Wildman–Crippen LogP) is 4.03. The van der Waals surface area contributed by atoms with Crippen molar-refractivity contribution in [1.29, 1.82) is 0 Å². The molecule has 0 radical (unpaired) electrons. The lowest BCUT2D eigenvalue weighted by Crippen LogP contribution is -2.06. The summed E-state index contributed by atoms with van der Waals surface area (Å²) >= 11 is 8.86. The Kier molecular flexibility index (Phi) is 3.56. The van der Waals surface area contributed by atoms with E-state index in [4.69, 9.17) is 16.3 Å². The highest BCUT2D eigenvalue weighted by Crippen LogP contribution is 2.30. The molecule has 1 aromatic carbocycles. The molecule has 0 bridgehead atoms. The molecular weight excluding hydrogens is 258 g/mol. The minimum Gasteiger partial charge on any atom is -0.489 e. The second kappa shape index (κ2) is 4.29. The maximum atomic E-state index is 13.0. The van der Waals surface area contributed by atoms with Crippen LogP contribution in [0.5, 0.6) is 5.75 Å². The van der Waals surface area contributed by atoms with Gasteiger partial charge in [0, 0.05) is 6.07 Å². The lowest BCUT2D eigenvalue weighted by molar-refractivity contribution is 0.241. The van der Waals surface area contributed by atoms with E-state index in [9.17, 15) is 4.39 Å². The van der Waals surface area contributed by atoms with Crippen molar-refractivity contribution < 1.29 is 9.13 Å². The van der Waals surface area contributed by atoms with E-state index < -0.39 is 0 Å². The highest BCUT2D eigenvalue weighted by Gasteiger charge is 2.08. The first-order valence-electron chi connectivity index (χ1n) is 3.82. The molecule has 72 valence electrons. The number of halogens is 3. The summed E-state index contributed by atoms with van der Waals surface area (Å²) in [5.41, 5.74) is 0. The first-order valence-corrected chi connectivity index (χ1v) is 4.99. The summed E-state index contributed by atoms with van der Waals surface area (Å²) in [4.78, 5) is 0. The van der Waals surface area contributed by atoms with E-state index in [1.807, 2.05) is 13.8 Å². The van der Waals surface area contributed by atoms with Crippen molar-refractivity contribution >= 4 is 27.5 Å². The molecule has 0 amide bonds. The van der Waals surface area contributed by atoms with Crippen LogP contribution in [0.2, 0.25) is 5.02 Å². The van der Waals surface area contributed by atoms with Crippen LogP contribution in [0.1, 0.15) is 13.8 Å². The lowest BCUT2D eigenvalue weighted by Gasteiger charge is -2.11. The molecular formula is C9H9BrClFO. The number of rotatable bonds is 2. The molecule has 0 heterocycles. The molecule has 1 nitrogen and oxygen atoms in total. The van der Waals surface area contributed by atoms with Crippen LogP contribution in [-0.2, 0) is 0 Å². The lowest BCUT2D eigenvalue weighted by atomic mass is 10.3. The average Bonchev–Trinajstić information content (AvgIpc) is 1.99. The first-order chi connectivity index (χ1) is 6.00. The average molecular weight is 268 g/mol. The summed E-state index contributed by atoms with van der Waals surface area (Å²) in [7, 11) is 0. The van der Waals surface area contributed by atoms with Gasteiger partial charge in [0.25, 0.3) is 0 Å². The fourth-order valence-electron chi connectivity index (χ4n) is 0.849. The largest absolute Gasteiger partial charge is 0.489 e. The van der Waals surface area contributed by atoms with Crippen LogP contribution in [0, 0.1) is 5.82 Å². The summed E-state index contributed by atoms with van der Waals surface area (Å²) in [5.74, 6) is -0.00239. The van der Waals surface area contributed by atoms with E-state index in [2.05, 4.69) is 15.9 Å². The van der Waals surface area contributed by atoms with Gasteiger partial charge in [-0.25, -0.2) is 4.39 Å².